The number of nitrogens with zero attached hydrogens (tertiary/aromatic N) is 2. The first kappa shape index (κ1) is 10.4. The predicted octanol–water partition coefficient (Wildman–Crippen LogP) is -0.272. The number of aromatic nitrogens is 2. The van der Waals surface area contributed by atoms with Crippen LogP contribution in [-0.2, 0) is 11.3 Å². The van der Waals surface area contributed by atoms with Crippen LogP contribution in [0, 0.1) is 0 Å². The molecule has 0 aliphatic heterocycles. The maximum absolute atomic E-state index is 11.2. The Morgan fingerprint density at radius 3 is 2.93 bits per heavy atom. The molecule has 1 aromatic heterocycles. The Morgan fingerprint density at radius 1 is 1.64 bits per heavy atom. The van der Waals surface area contributed by atoms with Crippen LogP contribution in [-0.4, -0.2) is 27.7 Å². The smallest absolute Gasteiger partial charge is 0.357 e. The Kier molecular flexibility index (Phi) is 3.35. The van der Waals surface area contributed by atoms with Crippen LogP contribution in [0.1, 0.15) is 23.2 Å². The summed E-state index contributed by atoms with van der Waals surface area (Å²) in [6, 6.07) is 1.30. The molecule has 0 aliphatic rings. The maximum atomic E-state index is 11.2. The van der Waals surface area contributed by atoms with Gasteiger partial charge >= 0.3 is 5.97 Å². The van der Waals surface area contributed by atoms with Crippen molar-refractivity contribution in [2.24, 2.45) is 0 Å². The van der Waals surface area contributed by atoms with Crippen molar-refractivity contribution in [3.63, 3.8) is 0 Å². The monoisotopic (exact) mass is 197 g/mol. The van der Waals surface area contributed by atoms with E-state index in [4.69, 9.17) is 15.6 Å². The second-order valence-corrected chi connectivity index (χ2v) is 2.47. The Morgan fingerprint density at radius 2 is 2.36 bits per heavy atom. The molecule has 6 nitrogen and oxygen atoms in total. The number of ether oxygens (including phenoxy) is 1. The summed E-state index contributed by atoms with van der Waals surface area (Å²) in [5.41, 5.74) is 5.46. The quantitative estimate of drug-likeness (QED) is 0.647. The SMILES string of the molecule is CCOC(=O)c1cc(N)nc(CO)n1. The highest BCUT2D eigenvalue weighted by Gasteiger charge is 2.10. The summed E-state index contributed by atoms with van der Waals surface area (Å²) in [7, 11) is 0. The zero-order valence-corrected chi connectivity index (χ0v) is 7.73. The fourth-order valence-corrected chi connectivity index (χ4v) is 0.898. The van der Waals surface area contributed by atoms with E-state index in [0.29, 0.717) is 0 Å². The Balaban J connectivity index is 2.96. The molecule has 0 fully saturated rings. The number of aliphatic hydroxyl groups is 1. The first-order valence-electron chi connectivity index (χ1n) is 4.08. The minimum Gasteiger partial charge on any atom is -0.461 e. The molecule has 1 heterocycles. The highest BCUT2D eigenvalue weighted by Crippen LogP contribution is 2.04. The fraction of sp³-hybridized carbons (Fsp3) is 0.375. The lowest BCUT2D eigenvalue weighted by Crippen LogP contribution is -2.11. The van der Waals surface area contributed by atoms with E-state index in [1.54, 1.807) is 6.92 Å². The molecular weight excluding hydrogens is 186 g/mol. The number of hydrogen-bond acceptors (Lipinski definition) is 6. The lowest BCUT2D eigenvalue weighted by atomic mass is 10.4. The minimum atomic E-state index is -0.573. The molecule has 0 amide bonds. The van der Waals surface area contributed by atoms with Crippen LogP contribution < -0.4 is 5.73 Å². The number of aliphatic hydroxyl groups excluding tert-OH is 1. The maximum Gasteiger partial charge on any atom is 0.357 e. The van der Waals surface area contributed by atoms with Crippen molar-refractivity contribution in [3.05, 3.63) is 17.6 Å². The van der Waals surface area contributed by atoms with E-state index in [9.17, 15) is 4.79 Å². The average molecular weight is 197 g/mol. The first-order valence-corrected chi connectivity index (χ1v) is 4.08. The largest absolute Gasteiger partial charge is 0.461 e. The third kappa shape index (κ3) is 2.40. The highest BCUT2D eigenvalue weighted by atomic mass is 16.5. The summed E-state index contributed by atoms with van der Waals surface area (Å²) in [6.07, 6.45) is 0. The number of nitrogen functional groups attached to an aromatic ring is 1. The number of carbonyl (C=O) groups excluding carboxylic acids is 1. The van der Waals surface area contributed by atoms with Gasteiger partial charge in [0.25, 0.3) is 0 Å². The van der Waals surface area contributed by atoms with Gasteiger partial charge in [-0.15, -0.1) is 0 Å². The Bertz CT molecular complexity index is 341. The average Bonchev–Trinajstić information content (AvgIpc) is 2.17. The van der Waals surface area contributed by atoms with Crippen molar-refractivity contribution in [1.82, 2.24) is 9.97 Å². The van der Waals surface area contributed by atoms with Crippen LogP contribution in [0.25, 0.3) is 0 Å². The third-order valence-corrected chi connectivity index (χ3v) is 1.42. The molecule has 14 heavy (non-hydrogen) atoms. The number of carbonyl (C=O) groups is 1. The normalized spacial score (nSPS) is 9.86. The molecule has 0 atom stereocenters. The van der Waals surface area contributed by atoms with Crippen LogP contribution >= 0.6 is 0 Å². The molecule has 0 saturated heterocycles. The number of esters is 1. The summed E-state index contributed by atoms with van der Waals surface area (Å²) < 4.78 is 4.72. The van der Waals surface area contributed by atoms with Gasteiger partial charge in [0.15, 0.2) is 11.5 Å². The van der Waals surface area contributed by atoms with Gasteiger partial charge in [0, 0.05) is 6.07 Å². The van der Waals surface area contributed by atoms with Gasteiger partial charge in [0.1, 0.15) is 12.4 Å². The van der Waals surface area contributed by atoms with Crippen molar-refractivity contribution in [3.8, 4) is 0 Å². The predicted molar refractivity (Wildman–Crippen MR) is 48.3 cm³/mol. The van der Waals surface area contributed by atoms with Gasteiger partial charge in [-0.3, -0.25) is 0 Å². The van der Waals surface area contributed by atoms with E-state index in [2.05, 4.69) is 9.97 Å². The van der Waals surface area contributed by atoms with E-state index in [-0.39, 0.29) is 30.5 Å². The number of nitrogens with two attached hydrogens (primary N) is 1. The molecule has 0 unspecified atom stereocenters. The topological polar surface area (TPSA) is 98.3 Å². The number of anilines is 1. The van der Waals surface area contributed by atoms with Gasteiger partial charge in [-0.25, -0.2) is 14.8 Å². The summed E-state index contributed by atoms with van der Waals surface area (Å²) in [5, 5.41) is 8.77. The highest BCUT2D eigenvalue weighted by molar-refractivity contribution is 5.87. The van der Waals surface area contributed by atoms with E-state index < -0.39 is 5.97 Å². The molecule has 1 aromatic rings. The minimum absolute atomic E-state index is 0.0587. The van der Waals surface area contributed by atoms with Gasteiger partial charge in [0.2, 0.25) is 0 Å². The van der Waals surface area contributed by atoms with Crippen molar-refractivity contribution < 1.29 is 14.6 Å². The van der Waals surface area contributed by atoms with Crippen molar-refractivity contribution in [2.45, 2.75) is 13.5 Å². The van der Waals surface area contributed by atoms with E-state index in [1.807, 2.05) is 0 Å². The molecule has 76 valence electrons. The van der Waals surface area contributed by atoms with Crippen molar-refractivity contribution >= 4 is 11.8 Å². The third-order valence-electron chi connectivity index (χ3n) is 1.42. The van der Waals surface area contributed by atoms with Crippen LogP contribution in [0.5, 0.6) is 0 Å². The number of hydrogen-bond donors (Lipinski definition) is 2. The van der Waals surface area contributed by atoms with Gasteiger partial charge < -0.3 is 15.6 Å². The molecule has 3 N–H and O–H groups in total. The van der Waals surface area contributed by atoms with Crippen LogP contribution in [0.3, 0.4) is 0 Å². The Hall–Kier alpha value is -1.69. The van der Waals surface area contributed by atoms with Gasteiger partial charge in [-0.2, -0.15) is 0 Å². The summed E-state index contributed by atoms with van der Waals surface area (Å²) in [6.45, 7) is 1.59. The molecule has 0 spiro atoms. The van der Waals surface area contributed by atoms with E-state index >= 15 is 0 Å². The summed E-state index contributed by atoms with van der Waals surface area (Å²) >= 11 is 0. The zero-order chi connectivity index (χ0) is 10.6. The molecule has 1 rings (SSSR count). The first-order chi connectivity index (χ1) is 6.67. The fourth-order valence-electron chi connectivity index (χ4n) is 0.898. The molecule has 0 aromatic carbocycles. The van der Waals surface area contributed by atoms with Crippen molar-refractivity contribution in [2.75, 3.05) is 12.3 Å². The van der Waals surface area contributed by atoms with Crippen LogP contribution in [0.4, 0.5) is 5.82 Å². The lowest BCUT2D eigenvalue weighted by Gasteiger charge is -2.03. The molecule has 6 heteroatoms. The lowest BCUT2D eigenvalue weighted by molar-refractivity contribution is 0.0518. The Labute approximate surface area is 80.7 Å². The standard InChI is InChI=1S/C8H11N3O3/c1-2-14-8(13)5-3-6(9)11-7(4-12)10-5/h3,12H,2,4H2,1H3,(H2,9,10,11). The molecule has 0 bridgehead atoms. The molecular formula is C8H11N3O3. The van der Waals surface area contributed by atoms with Crippen molar-refractivity contribution in [1.29, 1.82) is 0 Å². The van der Waals surface area contributed by atoms with Gasteiger partial charge in [-0.05, 0) is 6.92 Å². The number of rotatable bonds is 3. The molecule has 0 radical (unpaired) electrons. The second-order valence-electron chi connectivity index (χ2n) is 2.47. The van der Waals surface area contributed by atoms with Crippen LogP contribution in [0.15, 0.2) is 6.07 Å². The summed E-state index contributed by atoms with van der Waals surface area (Å²) in [5.74, 6) is -0.337. The molecule has 0 saturated carbocycles. The van der Waals surface area contributed by atoms with E-state index in [1.165, 1.54) is 6.07 Å². The second kappa shape index (κ2) is 4.52. The zero-order valence-electron chi connectivity index (χ0n) is 7.73. The van der Waals surface area contributed by atoms with E-state index in [0.717, 1.165) is 0 Å². The van der Waals surface area contributed by atoms with Crippen LogP contribution in [0.2, 0.25) is 0 Å². The summed E-state index contributed by atoms with van der Waals surface area (Å²) in [4.78, 5) is 18.7. The van der Waals surface area contributed by atoms with Gasteiger partial charge in [0.05, 0.1) is 6.61 Å². The molecule has 0 aliphatic carbocycles. The van der Waals surface area contributed by atoms with Gasteiger partial charge in [-0.1, -0.05) is 0 Å².